The van der Waals surface area contributed by atoms with E-state index < -0.39 is 0 Å². The first-order valence-electron chi connectivity index (χ1n) is 5.37. The smallest absolute Gasteiger partial charge is 0.146 e. The number of nitrogens with two attached hydrogens (primary N) is 1. The summed E-state index contributed by atoms with van der Waals surface area (Å²) in [5.41, 5.74) is 6.88. The maximum atomic E-state index is 5.81. The molecule has 90 valence electrons. The third-order valence-electron chi connectivity index (χ3n) is 2.43. The Hall–Kier alpha value is -1.26. The van der Waals surface area contributed by atoms with E-state index in [1.807, 2.05) is 37.3 Å². The minimum absolute atomic E-state index is 0.0189. The zero-order chi connectivity index (χ0) is 12.3. The van der Waals surface area contributed by atoms with Crippen LogP contribution in [0.15, 0.2) is 45.5 Å². The predicted molar refractivity (Wildman–Crippen MR) is 69.8 cm³/mol. The first kappa shape index (κ1) is 12.2. The largest absolute Gasteiger partial charge is 0.484 e. The summed E-state index contributed by atoms with van der Waals surface area (Å²) in [7, 11) is 0. The van der Waals surface area contributed by atoms with Gasteiger partial charge in [-0.1, -0.05) is 6.07 Å². The molecule has 1 heterocycles. The zero-order valence-corrected chi connectivity index (χ0v) is 11.1. The number of hydrogen-bond donors (Lipinski definition) is 1. The van der Waals surface area contributed by atoms with Crippen molar-refractivity contribution < 1.29 is 9.15 Å². The van der Waals surface area contributed by atoms with Gasteiger partial charge in [0, 0.05) is 6.04 Å². The molecule has 0 spiro atoms. The molecule has 0 amide bonds. The van der Waals surface area contributed by atoms with Crippen molar-refractivity contribution >= 4 is 15.9 Å². The van der Waals surface area contributed by atoms with Crippen molar-refractivity contribution in [3.8, 4) is 5.75 Å². The Bertz CT molecular complexity index is 480. The lowest BCUT2D eigenvalue weighted by Gasteiger charge is -2.10. The molecule has 1 aromatic heterocycles. The van der Waals surface area contributed by atoms with Gasteiger partial charge in [-0.15, -0.1) is 0 Å². The van der Waals surface area contributed by atoms with Gasteiger partial charge in [-0.05, 0) is 52.7 Å². The Balaban J connectivity index is 2.06. The quantitative estimate of drug-likeness (QED) is 0.937. The fourth-order valence-corrected chi connectivity index (χ4v) is 1.97. The molecule has 2 N–H and O–H groups in total. The highest BCUT2D eigenvalue weighted by Gasteiger charge is 2.06. The number of hydrogen-bond acceptors (Lipinski definition) is 3. The van der Waals surface area contributed by atoms with Crippen LogP contribution in [0.3, 0.4) is 0 Å². The van der Waals surface area contributed by atoms with Crippen LogP contribution in [-0.4, -0.2) is 0 Å². The Kier molecular flexibility index (Phi) is 3.86. The molecule has 1 atom stereocenters. The van der Waals surface area contributed by atoms with Crippen molar-refractivity contribution in [1.29, 1.82) is 0 Å². The van der Waals surface area contributed by atoms with Gasteiger partial charge in [0.2, 0.25) is 0 Å². The molecular weight excluding hydrogens is 282 g/mol. The van der Waals surface area contributed by atoms with Crippen LogP contribution in [0.1, 0.15) is 24.3 Å². The molecule has 4 heteroatoms. The molecule has 0 saturated heterocycles. The Morgan fingerprint density at radius 2 is 2.24 bits per heavy atom. The number of rotatable bonds is 4. The summed E-state index contributed by atoms with van der Waals surface area (Å²) < 4.78 is 11.7. The topological polar surface area (TPSA) is 48.4 Å². The van der Waals surface area contributed by atoms with Crippen molar-refractivity contribution in [3.63, 3.8) is 0 Å². The predicted octanol–water partition coefficient (Wildman–Crippen LogP) is 3.64. The van der Waals surface area contributed by atoms with Crippen LogP contribution >= 0.6 is 15.9 Å². The molecule has 0 saturated carbocycles. The third-order valence-corrected chi connectivity index (χ3v) is 3.05. The zero-order valence-electron chi connectivity index (χ0n) is 9.52. The standard InChI is InChI=1S/C13H14BrNO2/c1-9(15)10-4-5-13(12(14)7-10)17-8-11-3-2-6-16-11/h2-7,9H,8,15H2,1H3/t9-/m0/s1. The van der Waals surface area contributed by atoms with Crippen LogP contribution in [0.5, 0.6) is 5.75 Å². The average molecular weight is 296 g/mol. The second-order valence-corrected chi connectivity index (χ2v) is 4.70. The number of furan rings is 1. The van der Waals surface area contributed by atoms with Crippen molar-refractivity contribution in [2.24, 2.45) is 5.73 Å². The highest BCUT2D eigenvalue weighted by atomic mass is 79.9. The molecule has 0 bridgehead atoms. The van der Waals surface area contributed by atoms with Crippen molar-refractivity contribution in [3.05, 3.63) is 52.4 Å². The molecule has 0 aliphatic heterocycles. The second kappa shape index (κ2) is 5.38. The molecule has 2 aromatic rings. The molecule has 2 rings (SSSR count). The van der Waals surface area contributed by atoms with Gasteiger partial charge in [-0.2, -0.15) is 0 Å². The highest BCUT2D eigenvalue weighted by Crippen LogP contribution is 2.28. The summed E-state index contributed by atoms with van der Waals surface area (Å²) >= 11 is 3.47. The van der Waals surface area contributed by atoms with Gasteiger partial charge in [0.15, 0.2) is 0 Å². The summed E-state index contributed by atoms with van der Waals surface area (Å²) in [6.07, 6.45) is 1.63. The highest BCUT2D eigenvalue weighted by molar-refractivity contribution is 9.10. The summed E-state index contributed by atoms with van der Waals surface area (Å²) in [5.74, 6) is 1.58. The van der Waals surface area contributed by atoms with Crippen molar-refractivity contribution in [2.75, 3.05) is 0 Å². The van der Waals surface area contributed by atoms with Crippen LogP contribution in [0, 0.1) is 0 Å². The summed E-state index contributed by atoms with van der Waals surface area (Å²) in [6, 6.07) is 9.59. The first-order valence-corrected chi connectivity index (χ1v) is 6.16. The molecule has 0 radical (unpaired) electrons. The molecule has 0 aliphatic carbocycles. The maximum absolute atomic E-state index is 5.81. The minimum Gasteiger partial charge on any atom is -0.484 e. The lowest BCUT2D eigenvalue weighted by molar-refractivity contribution is 0.268. The second-order valence-electron chi connectivity index (χ2n) is 3.85. The number of halogens is 1. The van der Waals surface area contributed by atoms with Crippen LogP contribution in [0.4, 0.5) is 0 Å². The van der Waals surface area contributed by atoms with E-state index in [2.05, 4.69) is 15.9 Å². The SMILES string of the molecule is C[C@H](N)c1ccc(OCc2ccco2)c(Br)c1. The molecule has 0 fully saturated rings. The monoisotopic (exact) mass is 295 g/mol. The number of benzene rings is 1. The van der Waals surface area contributed by atoms with Gasteiger partial charge in [-0.3, -0.25) is 0 Å². The molecule has 1 aromatic carbocycles. The molecule has 0 aliphatic rings. The van der Waals surface area contributed by atoms with Gasteiger partial charge < -0.3 is 14.9 Å². The van der Waals surface area contributed by atoms with E-state index in [1.165, 1.54) is 0 Å². The average Bonchev–Trinajstić information content (AvgIpc) is 2.80. The summed E-state index contributed by atoms with van der Waals surface area (Å²) in [4.78, 5) is 0. The van der Waals surface area contributed by atoms with Crippen LogP contribution < -0.4 is 10.5 Å². The minimum atomic E-state index is 0.0189. The van der Waals surface area contributed by atoms with Crippen LogP contribution in [0.25, 0.3) is 0 Å². The maximum Gasteiger partial charge on any atom is 0.146 e. The Labute approximate surface area is 109 Å². The third kappa shape index (κ3) is 3.11. The molecule has 3 nitrogen and oxygen atoms in total. The van der Waals surface area contributed by atoms with E-state index in [0.29, 0.717) is 6.61 Å². The van der Waals surface area contributed by atoms with Gasteiger partial charge in [0.1, 0.15) is 18.1 Å². The lowest BCUT2D eigenvalue weighted by Crippen LogP contribution is -2.05. The molecular formula is C13H14BrNO2. The Morgan fingerprint density at radius 3 is 2.82 bits per heavy atom. The summed E-state index contributed by atoms with van der Waals surface area (Å²) in [5, 5.41) is 0. The van der Waals surface area contributed by atoms with Gasteiger partial charge in [-0.25, -0.2) is 0 Å². The molecule has 0 unspecified atom stereocenters. The fraction of sp³-hybridized carbons (Fsp3) is 0.231. The van der Waals surface area contributed by atoms with E-state index in [1.54, 1.807) is 6.26 Å². The Morgan fingerprint density at radius 1 is 1.41 bits per heavy atom. The molecule has 17 heavy (non-hydrogen) atoms. The lowest BCUT2D eigenvalue weighted by atomic mass is 10.1. The van der Waals surface area contributed by atoms with Crippen molar-refractivity contribution in [1.82, 2.24) is 0 Å². The van der Waals surface area contributed by atoms with E-state index >= 15 is 0 Å². The first-order chi connectivity index (χ1) is 8.16. The van der Waals surface area contributed by atoms with Gasteiger partial charge in [0.25, 0.3) is 0 Å². The number of ether oxygens (including phenoxy) is 1. The fourth-order valence-electron chi connectivity index (χ4n) is 1.46. The normalized spacial score (nSPS) is 12.4. The van der Waals surface area contributed by atoms with E-state index in [4.69, 9.17) is 14.9 Å². The van der Waals surface area contributed by atoms with Crippen LogP contribution in [-0.2, 0) is 6.61 Å². The van der Waals surface area contributed by atoms with E-state index in [0.717, 1.165) is 21.5 Å². The van der Waals surface area contributed by atoms with Crippen molar-refractivity contribution in [2.45, 2.75) is 19.6 Å². The van der Waals surface area contributed by atoms with Gasteiger partial charge in [0.05, 0.1) is 10.7 Å². The van der Waals surface area contributed by atoms with E-state index in [9.17, 15) is 0 Å². The summed E-state index contributed by atoms with van der Waals surface area (Å²) in [6.45, 7) is 2.37. The van der Waals surface area contributed by atoms with Gasteiger partial charge >= 0.3 is 0 Å². The van der Waals surface area contributed by atoms with Crippen LogP contribution in [0.2, 0.25) is 0 Å². The van der Waals surface area contributed by atoms with E-state index in [-0.39, 0.29) is 6.04 Å².